The van der Waals surface area contributed by atoms with E-state index in [0.717, 1.165) is 38.5 Å². The largest absolute Gasteiger partial charge is 0.478 e. The maximum absolute atomic E-state index is 13.3. The highest BCUT2D eigenvalue weighted by molar-refractivity contribution is 5.98. The number of fused-ring (bicyclic) bond motifs is 5. The summed E-state index contributed by atoms with van der Waals surface area (Å²) in [5, 5.41) is 9.31. The minimum Gasteiger partial charge on any atom is -0.478 e. The Bertz CT molecular complexity index is 1010. The number of carboxylic acid groups (broad SMARTS) is 1. The van der Waals surface area contributed by atoms with Crippen LogP contribution >= 0.6 is 0 Å². The van der Waals surface area contributed by atoms with E-state index >= 15 is 0 Å². The van der Waals surface area contributed by atoms with Gasteiger partial charge in [-0.25, -0.2) is 9.18 Å². The normalized spacial score (nSPS) is 32.1. The molecule has 3 aliphatic rings. The molecule has 0 aliphatic heterocycles. The third-order valence-electron chi connectivity index (χ3n) is 8.42. The third-order valence-corrected chi connectivity index (χ3v) is 8.42. The fourth-order valence-corrected chi connectivity index (χ4v) is 6.96. The van der Waals surface area contributed by atoms with Crippen molar-refractivity contribution in [1.29, 1.82) is 0 Å². The summed E-state index contributed by atoms with van der Waals surface area (Å²) in [7, 11) is 0. The fourth-order valence-electron chi connectivity index (χ4n) is 6.96. The summed E-state index contributed by atoms with van der Waals surface area (Å²) < 4.78 is 13.3. The maximum Gasteiger partial charge on any atom is 0.335 e. The number of carbonyl (C=O) groups is 2. The molecule has 1 N–H and O–H groups in total. The second-order valence-electron chi connectivity index (χ2n) is 9.68. The number of rotatable bonds is 3. The molecule has 2 saturated carbocycles. The molecule has 2 aromatic rings. The Morgan fingerprint density at radius 3 is 2.47 bits per heavy atom. The van der Waals surface area contributed by atoms with E-state index < -0.39 is 5.97 Å². The van der Waals surface area contributed by atoms with Crippen LogP contribution in [0.25, 0.3) is 0 Å². The molecule has 4 heteroatoms. The second-order valence-corrected chi connectivity index (χ2v) is 9.68. The third kappa shape index (κ3) is 2.91. The summed E-state index contributed by atoms with van der Waals surface area (Å²) in [6.45, 7) is 2.30. The van der Waals surface area contributed by atoms with Crippen molar-refractivity contribution >= 4 is 11.8 Å². The monoisotopic (exact) mass is 406 g/mol. The van der Waals surface area contributed by atoms with Crippen molar-refractivity contribution in [2.45, 2.75) is 51.4 Å². The molecule has 0 saturated heterocycles. The average molecular weight is 406 g/mol. The first-order valence-electron chi connectivity index (χ1n) is 11.0. The van der Waals surface area contributed by atoms with Crippen molar-refractivity contribution < 1.29 is 19.1 Å². The lowest BCUT2D eigenvalue weighted by atomic mass is 9.53. The number of Topliss-reactive ketones (excluding diaryl/α,β-unsaturated/α-hetero) is 1. The summed E-state index contributed by atoms with van der Waals surface area (Å²) in [6, 6.07) is 11.6. The lowest BCUT2D eigenvalue weighted by Crippen LogP contribution is -2.44. The van der Waals surface area contributed by atoms with Crippen LogP contribution in [-0.4, -0.2) is 16.9 Å². The number of hydrogen-bond acceptors (Lipinski definition) is 2. The molecular formula is C26H27FO3. The van der Waals surface area contributed by atoms with Crippen LogP contribution in [0.1, 0.15) is 76.8 Å². The number of hydrogen-bond donors (Lipinski definition) is 1. The number of ketones is 1. The molecule has 0 heterocycles. The second kappa shape index (κ2) is 7.04. The molecule has 2 aromatic carbocycles. The number of benzene rings is 2. The predicted molar refractivity (Wildman–Crippen MR) is 112 cm³/mol. The molecule has 0 spiro atoms. The number of halogens is 1. The van der Waals surface area contributed by atoms with Crippen LogP contribution in [0, 0.1) is 29.0 Å². The summed E-state index contributed by atoms with van der Waals surface area (Å²) >= 11 is 0. The van der Waals surface area contributed by atoms with Gasteiger partial charge in [-0.2, -0.15) is 0 Å². The zero-order valence-corrected chi connectivity index (χ0v) is 17.2. The Kier molecular flexibility index (Phi) is 4.57. The standard InChI is InChI=1S/C26H27FO3/c1-26-13-12-20-19-8-5-17(25(29)30)14-16(19)4-9-21(20)22(26)10-11-23(26)24(28)15-2-6-18(27)7-3-15/h2-3,5-8,14,20-23H,4,9-13H2,1H3,(H,29,30)/t20-,21-,22+,23-,26+/m1/s1. The predicted octanol–water partition coefficient (Wildman–Crippen LogP) is 5.88. The van der Waals surface area contributed by atoms with Gasteiger partial charge in [-0.05, 0) is 109 Å². The van der Waals surface area contributed by atoms with Gasteiger partial charge in [-0.1, -0.05) is 13.0 Å². The zero-order valence-electron chi connectivity index (χ0n) is 17.2. The van der Waals surface area contributed by atoms with Crippen LogP contribution in [0.3, 0.4) is 0 Å². The first-order valence-corrected chi connectivity index (χ1v) is 11.0. The van der Waals surface area contributed by atoms with E-state index in [1.165, 1.54) is 23.3 Å². The molecule has 0 aromatic heterocycles. The van der Waals surface area contributed by atoms with Crippen LogP contribution in [-0.2, 0) is 6.42 Å². The van der Waals surface area contributed by atoms with Crippen LogP contribution in [0.5, 0.6) is 0 Å². The van der Waals surface area contributed by atoms with E-state index in [1.807, 2.05) is 12.1 Å². The van der Waals surface area contributed by atoms with Gasteiger partial charge in [0.2, 0.25) is 0 Å². The molecule has 2 fully saturated rings. The van der Waals surface area contributed by atoms with Crippen LogP contribution < -0.4 is 0 Å². The molecule has 3 aliphatic carbocycles. The van der Waals surface area contributed by atoms with Crippen LogP contribution in [0.4, 0.5) is 4.39 Å². The van der Waals surface area contributed by atoms with E-state index in [2.05, 4.69) is 6.92 Å². The summed E-state index contributed by atoms with van der Waals surface area (Å²) in [6.07, 6.45) is 6.02. The molecule has 0 radical (unpaired) electrons. The molecule has 0 bridgehead atoms. The quantitative estimate of drug-likeness (QED) is 0.648. The number of aryl methyl sites for hydroxylation is 1. The Balaban J connectivity index is 1.42. The summed E-state index contributed by atoms with van der Waals surface area (Å²) in [4.78, 5) is 24.6. The molecular weight excluding hydrogens is 379 g/mol. The molecule has 0 amide bonds. The lowest BCUT2D eigenvalue weighted by molar-refractivity contribution is 0.0276. The Labute approximate surface area is 176 Å². The number of aromatic carboxylic acids is 1. The van der Waals surface area contributed by atoms with E-state index in [1.54, 1.807) is 18.2 Å². The molecule has 156 valence electrons. The van der Waals surface area contributed by atoms with E-state index in [0.29, 0.717) is 28.9 Å². The van der Waals surface area contributed by atoms with Gasteiger partial charge in [0, 0.05) is 11.5 Å². The van der Waals surface area contributed by atoms with Crippen molar-refractivity contribution in [3.8, 4) is 0 Å². The van der Waals surface area contributed by atoms with Gasteiger partial charge in [-0.3, -0.25) is 4.79 Å². The van der Waals surface area contributed by atoms with Crippen molar-refractivity contribution in [2.24, 2.45) is 23.2 Å². The summed E-state index contributed by atoms with van der Waals surface area (Å²) in [5.41, 5.74) is 3.51. The first kappa shape index (κ1) is 19.5. The fraction of sp³-hybridized carbons (Fsp3) is 0.462. The molecule has 5 rings (SSSR count). The van der Waals surface area contributed by atoms with E-state index in [4.69, 9.17) is 0 Å². The van der Waals surface area contributed by atoms with Gasteiger partial charge in [0.25, 0.3) is 0 Å². The van der Waals surface area contributed by atoms with Gasteiger partial charge in [0.1, 0.15) is 5.82 Å². The van der Waals surface area contributed by atoms with E-state index in [-0.39, 0.29) is 22.9 Å². The summed E-state index contributed by atoms with van der Waals surface area (Å²) in [5.74, 6) is 0.527. The maximum atomic E-state index is 13.3. The highest BCUT2D eigenvalue weighted by atomic mass is 19.1. The highest BCUT2D eigenvalue weighted by Crippen LogP contribution is 2.63. The van der Waals surface area contributed by atoms with Crippen molar-refractivity contribution in [1.82, 2.24) is 0 Å². The minimum atomic E-state index is -0.867. The lowest BCUT2D eigenvalue weighted by Gasteiger charge is -2.50. The highest BCUT2D eigenvalue weighted by Gasteiger charge is 2.56. The Morgan fingerprint density at radius 1 is 1.00 bits per heavy atom. The Morgan fingerprint density at radius 2 is 1.73 bits per heavy atom. The minimum absolute atomic E-state index is 0.00435. The van der Waals surface area contributed by atoms with E-state index in [9.17, 15) is 19.1 Å². The Hall–Kier alpha value is -2.49. The molecule has 3 nitrogen and oxygen atoms in total. The molecule has 30 heavy (non-hydrogen) atoms. The number of carbonyl (C=O) groups excluding carboxylic acids is 1. The smallest absolute Gasteiger partial charge is 0.335 e. The van der Waals surface area contributed by atoms with Crippen molar-refractivity contribution in [2.75, 3.05) is 0 Å². The topological polar surface area (TPSA) is 54.4 Å². The zero-order chi connectivity index (χ0) is 21.0. The SMILES string of the molecule is C[C@]12CC[C@@H]3c4ccc(C(=O)O)cc4CC[C@H]3[C@@H]1CC[C@@H]2C(=O)c1ccc(F)cc1. The van der Waals surface area contributed by atoms with Crippen molar-refractivity contribution in [3.05, 3.63) is 70.5 Å². The van der Waals surface area contributed by atoms with Gasteiger partial charge in [0.15, 0.2) is 5.78 Å². The van der Waals surface area contributed by atoms with Crippen molar-refractivity contribution in [3.63, 3.8) is 0 Å². The van der Waals surface area contributed by atoms with Crippen LogP contribution in [0.2, 0.25) is 0 Å². The van der Waals surface area contributed by atoms with Crippen LogP contribution in [0.15, 0.2) is 42.5 Å². The average Bonchev–Trinajstić information content (AvgIpc) is 3.10. The van der Waals surface area contributed by atoms with Gasteiger partial charge < -0.3 is 5.11 Å². The van der Waals surface area contributed by atoms with Gasteiger partial charge in [0.05, 0.1) is 5.56 Å². The number of carboxylic acids is 1. The van der Waals surface area contributed by atoms with Gasteiger partial charge in [-0.15, -0.1) is 0 Å². The first-order chi connectivity index (χ1) is 14.4. The molecule has 5 atom stereocenters. The van der Waals surface area contributed by atoms with Gasteiger partial charge >= 0.3 is 5.97 Å². The molecule has 0 unspecified atom stereocenters.